The van der Waals surface area contributed by atoms with Gasteiger partial charge in [-0.25, -0.2) is 4.98 Å². The molecule has 4 aromatic rings. The molecule has 0 unspecified atom stereocenters. The summed E-state index contributed by atoms with van der Waals surface area (Å²) in [6.07, 6.45) is 4.63. The Morgan fingerprint density at radius 2 is 1.81 bits per heavy atom. The number of rotatable bonds is 7. The Bertz CT molecular complexity index is 1490. The van der Waals surface area contributed by atoms with Crippen LogP contribution in [0.3, 0.4) is 0 Å². The molecule has 1 aliphatic heterocycles. The molecular formula is C25H22N6O5S. The number of aromatic nitrogens is 2. The SMILES string of the molecule is O=C(c1ccc(N2CCCCC2)c([N+](=O)[O-])c1)N(Cc1ccccn1)c1nc2ccc([N+](=O)[O-])cc2s1. The minimum Gasteiger partial charge on any atom is -0.366 e. The highest BCUT2D eigenvalue weighted by Crippen LogP contribution is 2.35. The average Bonchev–Trinajstić information content (AvgIpc) is 3.35. The summed E-state index contributed by atoms with van der Waals surface area (Å²) >= 11 is 1.14. The number of hydrogen-bond acceptors (Lipinski definition) is 9. The number of fused-ring (bicyclic) bond motifs is 1. The fourth-order valence-electron chi connectivity index (χ4n) is 4.37. The summed E-state index contributed by atoms with van der Waals surface area (Å²) in [6, 6.07) is 14.2. The molecule has 1 amide bonds. The minimum atomic E-state index is -0.487. The second kappa shape index (κ2) is 10.3. The molecule has 0 N–H and O–H groups in total. The number of hydrogen-bond donors (Lipinski definition) is 0. The van der Waals surface area contributed by atoms with E-state index in [0.29, 0.717) is 26.7 Å². The first-order valence-corrected chi connectivity index (χ1v) is 12.5. The molecule has 1 aliphatic rings. The van der Waals surface area contributed by atoms with Crippen molar-refractivity contribution < 1.29 is 14.6 Å². The molecule has 0 saturated carbocycles. The van der Waals surface area contributed by atoms with E-state index in [1.54, 1.807) is 36.5 Å². The predicted octanol–water partition coefficient (Wildman–Crippen LogP) is 5.35. The largest absolute Gasteiger partial charge is 0.366 e. The van der Waals surface area contributed by atoms with E-state index >= 15 is 0 Å². The van der Waals surface area contributed by atoms with Gasteiger partial charge in [-0.05, 0) is 49.6 Å². The highest BCUT2D eigenvalue weighted by Gasteiger charge is 2.27. The van der Waals surface area contributed by atoms with Crippen molar-refractivity contribution >= 4 is 49.7 Å². The summed E-state index contributed by atoms with van der Waals surface area (Å²) in [6.45, 7) is 1.54. The molecule has 5 rings (SSSR count). The van der Waals surface area contributed by atoms with Crippen LogP contribution in [0.15, 0.2) is 60.8 Å². The van der Waals surface area contributed by atoms with Crippen molar-refractivity contribution in [3.05, 3.63) is 92.3 Å². The Kier molecular flexibility index (Phi) is 6.73. The lowest BCUT2D eigenvalue weighted by Crippen LogP contribution is -2.32. The van der Waals surface area contributed by atoms with Gasteiger partial charge in [0.15, 0.2) is 5.13 Å². The lowest BCUT2D eigenvalue weighted by molar-refractivity contribution is -0.384. The van der Waals surface area contributed by atoms with Gasteiger partial charge in [-0.2, -0.15) is 0 Å². The van der Waals surface area contributed by atoms with Crippen LogP contribution in [0.5, 0.6) is 0 Å². The van der Waals surface area contributed by atoms with Crippen LogP contribution in [-0.4, -0.2) is 38.8 Å². The van der Waals surface area contributed by atoms with E-state index in [1.165, 1.54) is 29.2 Å². The second-order valence-corrected chi connectivity index (χ2v) is 9.64. The van der Waals surface area contributed by atoms with Crippen molar-refractivity contribution in [2.24, 2.45) is 0 Å². The quantitative estimate of drug-likeness (QED) is 0.236. The Morgan fingerprint density at radius 1 is 1.00 bits per heavy atom. The average molecular weight is 519 g/mol. The van der Waals surface area contributed by atoms with E-state index in [1.807, 2.05) is 4.90 Å². The molecule has 188 valence electrons. The van der Waals surface area contributed by atoms with Gasteiger partial charge in [-0.3, -0.25) is 34.9 Å². The molecule has 0 radical (unpaired) electrons. The number of anilines is 2. The van der Waals surface area contributed by atoms with Crippen molar-refractivity contribution in [3.8, 4) is 0 Å². The fourth-order valence-corrected chi connectivity index (χ4v) is 5.37. The van der Waals surface area contributed by atoms with E-state index in [-0.39, 0.29) is 23.5 Å². The van der Waals surface area contributed by atoms with E-state index in [9.17, 15) is 25.0 Å². The summed E-state index contributed by atoms with van der Waals surface area (Å²) in [5, 5.41) is 23.5. The van der Waals surface area contributed by atoms with Gasteiger partial charge in [0.25, 0.3) is 17.3 Å². The molecule has 0 atom stereocenters. The molecule has 3 heterocycles. The number of nitro benzene ring substituents is 2. The summed E-state index contributed by atoms with van der Waals surface area (Å²) in [4.78, 5) is 48.2. The minimum absolute atomic E-state index is 0.0727. The molecule has 2 aromatic heterocycles. The Morgan fingerprint density at radius 3 is 2.51 bits per heavy atom. The molecule has 11 nitrogen and oxygen atoms in total. The van der Waals surface area contributed by atoms with Gasteiger partial charge < -0.3 is 4.90 Å². The van der Waals surface area contributed by atoms with E-state index < -0.39 is 15.8 Å². The molecule has 1 fully saturated rings. The summed E-state index contributed by atoms with van der Waals surface area (Å²) in [5.41, 5.74) is 1.56. The smallest absolute Gasteiger partial charge is 0.293 e. The van der Waals surface area contributed by atoms with E-state index in [4.69, 9.17) is 0 Å². The Hall–Kier alpha value is -4.45. The first-order valence-electron chi connectivity index (χ1n) is 11.7. The third-order valence-corrected chi connectivity index (χ3v) is 7.25. The first-order chi connectivity index (χ1) is 17.9. The monoisotopic (exact) mass is 518 g/mol. The van der Waals surface area contributed by atoms with Crippen molar-refractivity contribution in [1.82, 2.24) is 9.97 Å². The Labute approximate surface area is 215 Å². The highest BCUT2D eigenvalue weighted by molar-refractivity contribution is 7.22. The lowest BCUT2D eigenvalue weighted by Gasteiger charge is -2.28. The van der Waals surface area contributed by atoms with Crippen molar-refractivity contribution in [2.75, 3.05) is 22.9 Å². The molecule has 37 heavy (non-hydrogen) atoms. The molecule has 12 heteroatoms. The van der Waals surface area contributed by atoms with Crippen LogP contribution in [0.2, 0.25) is 0 Å². The maximum absolute atomic E-state index is 13.8. The van der Waals surface area contributed by atoms with Crippen LogP contribution >= 0.6 is 11.3 Å². The zero-order valence-corrected chi connectivity index (χ0v) is 20.5. The number of carbonyl (C=O) groups is 1. The summed E-state index contributed by atoms with van der Waals surface area (Å²) in [7, 11) is 0. The topological polar surface area (TPSA) is 136 Å². The molecule has 0 bridgehead atoms. The third-order valence-electron chi connectivity index (χ3n) is 6.21. The van der Waals surface area contributed by atoms with Gasteiger partial charge in [-0.1, -0.05) is 17.4 Å². The van der Waals surface area contributed by atoms with Gasteiger partial charge in [0, 0.05) is 43.0 Å². The van der Waals surface area contributed by atoms with Crippen molar-refractivity contribution in [3.63, 3.8) is 0 Å². The van der Waals surface area contributed by atoms with Gasteiger partial charge in [0.05, 0.1) is 32.3 Å². The zero-order chi connectivity index (χ0) is 25.9. The number of non-ortho nitro benzene ring substituents is 1. The van der Waals surface area contributed by atoms with Gasteiger partial charge in [-0.15, -0.1) is 0 Å². The maximum atomic E-state index is 13.8. The van der Waals surface area contributed by atoms with Crippen LogP contribution in [-0.2, 0) is 6.54 Å². The molecule has 2 aromatic carbocycles. The number of amides is 1. The number of benzene rings is 2. The van der Waals surface area contributed by atoms with Crippen molar-refractivity contribution in [2.45, 2.75) is 25.8 Å². The fraction of sp³-hybridized carbons (Fsp3) is 0.240. The Balaban J connectivity index is 1.55. The van der Waals surface area contributed by atoms with Gasteiger partial charge in [0.1, 0.15) is 5.69 Å². The standard InChI is InChI=1S/C25H22N6O5S/c32-24(17-7-10-21(22(14-17)31(35)36)28-12-4-1-5-13-28)29(16-18-6-2-3-11-26-18)25-27-20-9-8-19(30(33)34)15-23(20)37-25/h2-3,6-11,14-15H,1,4-5,12-13,16H2. The molecular weight excluding hydrogens is 496 g/mol. The number of nitro groups is 2. The second-order valence-electron chi connectivity index (χ2n) is 8.63. The first kappa shape index (κ1) is 24.3. The van der Waals surface area contributed by atoms with Crippen LogP contribution < -0.4 is 9.80 Å². The van der Waals surface area contributed by atoms with Gasteiger partial charge in [0.2, 0.25) is 0 Å². The number of piperidine rings is 1. The number of carbonyl (C=O) groups excluding carboxylic acids is 1. The van der Waals surface area contributed by atoms with Crippen LogP contribution in [0.4, 0.5) is 22.2 Å². The third kappa shape index (κ3) is 5.09. The number of thiazole rings is 1. The van der Waals surface area contributed by atoms with Crippen LogP contribution in [0.1, 0.15) is 35.3 Å². The van der Waals surface area contributed by atoms with E-state index in [0.717, 1.165) is 43.7 Å². The van der Waals surface area contributed by atoms with Gasteiger partial charge >= 0.3 is 0 Å². The number of pyridine rings is 1. The lowest BCUT2D eigenvalue weighted by atomic mass is 10.1. The van der Waals surface area contributed by atoms with Crippen LogP contribution in [0.25, 0.3) is 10.2 Å². The van der Waals surface area contributed by atoms with Crippen molar-refractivity contribution in [1.29, 1.82) is 0 Å². The molecule has 0 aliphatic carbocycles. The molecule has 1 saturated heterocycles. The normalized spacial score (nSPS) is 13.5. The molecule has 0 spiro atoms. The number of nitrogens with zero attached hydrogens (tertiary/aromatic N) is 6. The maximum Gasteiger partial charge on any atom is 0.293 e. The summed E-state index contributed by atoms with van der Waals surface area (Å²) < 4.78 is 0.550. The summed E-state index contributed by atoms with van der Waals surface area (Å²) in [5.74, 6) is -0.479. The van der Waals surface area contributed by atoms with E-state index in [2.05, 4.69) is 9.97 Å². The zero-order valence-electron chi connectivity index (χ0n) is 19.6. The van der Waals surface area contributed by atoms with Crippen LogP contribution in [0, 0.1) is 20.2 Å². The highest BCUT2D eigenvalue weighted by atomic mass is 32.1. The predicted molar refractivity (Wildman–Crippen MR) is 140 cm³/mol.